The van der Waals surface area contributed by atoms with Crippen molar-refractivity contribution in [2.45, 2.75) is 45.6 Å². The highest BCUT2D eigenvalue weighted by Gasteiger charge is 2.19. The smallest absolute Gasteiger partial charge is 0.210 e. The number of aliphatic imine (C=N–C) groups is 1. The predicted molar refractivity (Wildman–Crippen MR) is 91.5 cm³/mol. The lowest BCUT2D eigenvalue weighted by molar-refractivity contribution is 0.148. The summed E-state index contributed by atoms with van der Waals surface area (Å²) in [4.78, 5) is 7.03. The number of hydrogen-bond donors (Lipinski definition) is 3. The van der Waals surface area contributed by atoms with Crippen molar-refractivity contribution in [1.82, 2.24) is 15.5 Å². The first-order valence-electron chi connectivity index (χ1n) is 8.23. The minimum Gasteiger partial charge on any atom is -0.357 e. The molecule has 130 valence electrons. The van der Waals surface area contributed by atoms with E-state index in [0.29, 0.717) is 18.5 Å². The maximum atomic E-state index is 10.9. The Labute approximate surface area is 134 Å². The van der Waals surface area contributed by atoms with Gasteiger partial charge in [-0.25, -0.2) is 13.6 Å². The van der Waals surface area contributed by atoms with Crippen LogP contribution in [0.15, 0.2) is 4.99 Å². The van der Waals surface area contributed by atoms with Crippen LogP contribution in [0.2, 0.25) is 0 Å². The monoisotopic (exact) mass is 333 g/mol. The standard InChI is InChI=1S/C14H31N5O2S/c1-3-13-7-5-6-10-19(13)11-8-17-14(16-4-2)18-9-12-22(15,20)21/h13H,3-12H2,1-2H3,(H2,15,20,21)(H2,16,17,18). The second-order valence-corrected chi connectivity index (χ2v) is 7.38. The van der Waals surface area contributed by atoms with Crippen LogP contribution in [0.3, 0.4) is 0 Å². The van der Waals surface area contributed by atoms with E-state index in [1.54, 1.807) is 0 Å². The lowest BCUT2D eigenvalue weighted by Crippen LogP contribution is -2.42. The number of hydrogen-bond acceptors (Lipinski definition) is 4. The van der Waals surface area contributed by atoms with Crippen LogP contribution in [0.4, 0.5) is 0 Å². The molecule has 0 amide bonds. The van der Waals surface area contributed by atoms with Gasteiger partial charge >= 0.3 is 0 Å². The molecule has 0 aliphatic carbocycles. The van der Waals surface area contributed by atoms with E-state index in [0.717, 1.165) is 19.6 Å². The van der Waals surface area contributed by atoms with E-state index < -0.39 is 10.0 Å². The molecule has 0 bridgehead atoms. The zero-order chi connectivity index (χ0) is 16.4. The van der Waals surface area contributed by atoms with Gasteiger partial charge in [-0.05, 0) is 32.7 Å². The van der Waals surface area contributed by atoms with Crippen molar-refractivity contribution in [3.63, 3.8) is 0 Å². The lowest BCUT2D eigenvalue weighted by Gasteiger charge is -2.34. The molecule has 0 aromatic heterocycles. The number of primary sulfonamides is 1. The molecule has 1 fully saturated rings. The second kappa shape index (κ2) is 10.0. The van der Waals surface area contributed by atoms with E-state index in [9.17, 15) is 8.42 Å². The van der Waals surface area contributed by atoms with Gasteiger partial charge in [0, 0.05) is 25.7 Å². The first-order valence-corrected chi connectivity index (χ1v) is 9.94. The Bertz CT molecular complexity index is 439. The third kappa shape index (κ3) is 7.95. The summed E-state index contributed by atoms with van der Waals surface area (Å²) in [5, 5.41) is 11.1. The van der Waals surface area contributed by atoms with Crippen LogP contribution in [-0.4, -0.2) is 63.8 Å². The van der Waals surface area contributed by atoms with Crippen LogP contribution >= 0.6 is 0 Å². The fraction of sp³-hybridized carbons (Fsp3) is 0.929. The minimum absolute atomic E-state index is 0.0958. The molecular weight excluding hydrogens is 302 g/mol. The zero-order valence-corrected chi connectivity index (χ0v) is 14.7. The maximum Gasteiger partial charge on any atom is 0.210 e. The van der Waals surface area contributed by atoms with Crippen molar-refractivity contribution in [1.29, 1.82) is 0 Å². The van der Waals surface area contributed by atoms with Crippen molar-refractivity contribution in [2.75, 3.05) is 38.5 Å². The molecule has 1 atom stereocenters. The van der Waals surface area contributed by atoms with Crippen molar-refractivity contribution in [3.05, 3.63) is 0 Å². The Hall–Kier alpha value is -0.860. The number of sulfonamides is 1. The van der Waals surface area contributed by atoms with Gasteiger partial charge in [-0.15, -0.1) is 0 Å². The molecule has 7 nitrogen and oxygen atoms in total. The molecule has 8 heteroatoms. The normalized spacial score (nSPS) is 20.9. The average Bonchev–Trinajstić information content (AvgIpc) is 2.46. The second-order valence-electron chi connectivity index (χ2n) is 5.65. The Kier molecular flexibility index (Phi) is 8.74. The molecule has 0 aromatic rings. The van der Waals surface area contributed by atoms with Crippen molar-refractivity contribution in [3.8, 4) is 0 Å². The first kappa shape index (κ1) is 19.2. The van der Waals surface area contributed by atoms with Gasteiger partial charge in [-0.1, -0.05) is 13.3 Å². The third-order valence-corrected chi connectivity index (χ3v) is 4.67. The molecule has 0 spiro atoms. The molecule has 0 radical (unpaired) electrons. The third-order valence-electron chi connectivity index (χ3n) is 3.90. The Morgan fingerprint density at radius 3 is 2.73 bits per heavy atom. The number of nitrogens with one attached hydrogen (secondary N) is 2. The molecule has 0 saturated carbocycles. The van der Waals surface area contributed by atoms with Gasteiger partial charge in [0.1, 0.15) is 0 Å². The van der Waals surface area contributed by atoms with Gasteiger partial charge in [-0.2, -0.15) is 0 Å². The number of likely N-dealkylation sites (tertiary alicyclic amines) is 1. The summed E-state index contributed by atoms with van der Waals surface area (Å²) >= 11 is 0. The summed E-state index contributed by atoms with van der Waals surface area (Å²) < 4.78 is 21.9. The van der Waals surface area contributed by atoms with Crippen LogP contribution in [0.1, 0.15) is 39.5 Å². The summed E-state index contributed by atoms with van der Waals surface area (Å²) in [5.41, 5.74) is 0. The number of piperidine rings is 1. The summed E-state index contributed by atoms with van der Waals surface area (Å²) in [6.45, 7) is 8.04. The lowest BCUT2D eigenvalue weighted by atomic mass is 10.0. The van der Waals surface area contributed by atoms with Crippen LogP contribution in [-0.2, 0) is 10.0 Å². The molecular formula is C14H31N5O2S. The van der Waals surface area contributed by atoms with Crippen LogP contribution in [0.25, 0.3) is 0 Å². The predicted octanol–water partition coefficient (Wildman–Crippen LogP) is 0.0945. The van der Waals surface area contributed by atoms with Crippen molar-refractivity contribution >= 4 is 16.0 Å². The van der Waals surface area contributed by atoms with E-state index in [-0.39, 0.29) is 12.3 Å². The van der Waals surface area contributed by atoms with Gasteiger partial charge < -0.3 is 10.6 Å². The first-order chi connectivity index (χ1) is 10.5. The fourth-order valence-electron chi connectivity index (χ4n) is 2.76. The number of rotatable bonds is 8. The van der Waals surface area contributed by atoms with E-state index >= 15 is 0 Å². The van der Waals surface area contributed by atoms with Crippen molar-refractivity contribution < 1.29 is 8.42 Å². The summed E-state index contributed by atoms with van der Waals surface area (Å²) in [6, 6.07) is 0.682. The molecule has 22 heavy (non-hydrogen) atoms. The molecule has 1 unspecified atom stereocenters. The molecule has 1 aliphatic rings. The molecule has 4 N–H and O–H groups in total. The summed E-state index contributed by atoms with van der Waals surface area (Å²) in [6.07, 6.45) is 5.08. The molecule has 0 aromatic carbocycles. The molecule has 1 rings (SSSR count). The SMILES string of the molecule is CCNC(=NCCN1CCCCC1CC)NCCS(N)(=O)=O. The highest BCUT2D eigenvalue weighted by Crippen LogP contribution is 2.18. The number of nitrogens with two attached hydrogens (primary N) is 1. The Balaban J connectivity index is 2.40. The largest absolute Gasteiger partial charge is 0.357 e. The van der Waals surface area contributed by atoms with Crippen molar-refractivity contribution in [2.24, 2.45) is 10.1 Å². The summed E-state index contributed by atoms with van der Waals surface area (Å²) in [5.74, 6) is 0.553. The Morgan fingerprint density at radius 2 is 2.09 bits per heavy atom. The molecule has 1 heterocycles. The van der Waals surface area contributed by atoms with Gasteiger partial charge in [0.25, 0.3) is 0 Å². The van der Waals surface area contributed by atoms with E-state index in [1.165, 1.54) is 25.7 Å². The van der Waals surface area contributed by atoms with Gasteiger partial charge in [0.15, 0.2) is 5.96 Å². The van der Waals surface area contributed by atoms with E-state index in [1.807, 2.05) is 6.92 Å². The quantitative estimate of drug-likeness (QED) is 0.432. The maximum absolute atomic E-state index is 10.9. The molecule has 1 saturated heterocycles. The highest BCUT2D eigenvalue weighted by atomic mass is 32.2. The van der Waals surface area contributed by atoms with E-state index in [2.05, 4.69) is 27.4 Å². The van der Waals surface area contributed by atoms with Crippen LogP contribution < -0.4 is 15.8 Å². The van der Waals surface area contributed by atoms with Gasteiger partial charge in [0.2, 0.25) is 10.0 Å². The van der Waals surface area contributed by atoms with E-state index in [4.69, 9.17) is 5.14 Å². The highest BCUT2D eigenvalue weighted by molar-refractivity contribution is 7.89. The minimum atomic E-state index is -3.44. The fourth-order valence-corrected chi connectivity index (χ4v) is 3.15. The number of nitrogens with zero attached hydrogens (tertiary/aromatic N) is 2. The molecule has 1 aliphatic heterocycles. The van der Waals surface area contributed by atoms with Crippen LogP contribution in [0.5, 0.6) is 0 Å². The summed E-state index contributed by atoms with van der Waals surface area (Å²) in [7, 11) is -3.44. The Morgan fingerprint density at radius 1 is 1.32 bits per heavy atom. The van der Waals surface area contributed by atoms with Gasteiger partial charge in [-0.3, -0.25) is 9.89 Å². The average molecular weight is 334 g/mol. The zero-order valence-electron chi connectivity index (χ0n) is 13.8. The van der Waals surface area contributed by atoms with Gasteiger partial charge in [0.05, 0.1) is 12.3 Å². The topological polar surface area (TPSA) is 99.8 Å². The number of guanidine groups is 1. The van der Waals surface area contributed by atoms with Crippen LogP contribution in [0, 0.1) is 0 Å².